The molecule has 1 amide bonds. The summed E-state index contributed by atoms with van der Waals surface area (Å²) in [5.74, 6) is -0.397. The molecule has 1 saturated heterocycles. The van der Waals surface area contributed by atoms with Crippen molar-refractivity contribution < 1.29 is 14.6 Å². The van der Waals surface area contributed by atoms with Crippen molar-refractivity contribution in [1.29, 1.82) is 0 Å². The quantitative estimate of drug-likeness (QED) is 0.711. The van der Waals surface area contributed by atoms with Gasteiger partial charge in [-0.25, -0.2) is 0 Å². The fourth-order valence-electron chi connectivity index (χ4n) is 1.96. The molecule has 2 aliphatic heterocycles. The number of primary amides is 1. The summed E-state index contributed by atoms with van der Waals surface area (Å²) in [5, 5.41) is 8.97. The Bertz CT molecular complexity index is 338. The minimum Gasteiger partial charge on any atom is -0.394 e. The number of rotatable bonds is 3. The molecule has 0 aromatic rings. The number of ether oxygens (including phenoxy) is 1. The van der Waals surface area contributed by atoms with Gasteiger partial charge in [-0.05, 0) is 19.3 Å². The molecule has 2 rings (SSSR count). The lowest BCUT2D eigenvalue weighted by atomic mass is 10.1. The molecule has 0 aromatic carbocycles. The smallest absolute Gasteiger partial charge is 0.246 e. The van der Waals surface area contributed by atoms with E-state index in [9.17, 15) is 4.79 Å². The van der Waals surface area contributed by atoms with E-state index >= 15 is 0 Å². The van der Waals surface area contributed by atoms with Gasteiger partial charge in [0, 0.05) is 18.0 Å². The van der Waals surface area contributed by atoms with E-state index in [1.54, 1.807) is 6.20 Å². The lowest BCUT2D eigenvalue weighted by Crippen LogP contribution is -2.30. The first-order chi connectivity index (χ1) is 7.70. The van der Waals surface area contributed by atoms with E-state index < -0.39 is 5.91 Å². The predicted molar refractivity (Wildman–Crippen MR) is 57.9 cm³/mol. The van der Waals surface area contributed by atoms with Crippen LogP contribution in [0, 0.1) is 0 Å². The molecule has 88 valence electrons. The molecule has 2 atom stereocenters. The monoisotopic (exact) mass is 224 g/mol. The highest BCUT2D eigenvalue weighted by Crippen LogP contribution is 2.25. The standard InChI is InChI=1S/C11H16N2O3/c12-11(15)8-2-1-5-13(6-8)10-4-3-9(7-14)16-10/h1,5-6,9-10,14H,2-4,7H2,(H2,12,15)/t9-,10+/m0/s1. The maximum absolute atomic E-state index is 11.0. The van der Waals surface area contributed by atoms with Gasteiger partial charge in [-0.2, -0.15) is 0 Å². The van der Waals surface area contributed by atoms with Gasteiger partial charge in [0.2, 0.25) is 5.91 Å². The van der Waals surface area contributed by atoms with Crippen molar-refractivity contribution in [3.05, 3.63) is 24.0 Å². The van der Waals surface area contributed by atoms with Gasteiger partial charge in [-0.1, -0.05) is 6.08 Å². The molecule has 5 heteroatoms. The van der Waals surface area contributed by atoms with Crippen LogP contribution in [-0.2, 0) is 9.53 Å². The molecular formula is C11H16N2O3. The van der Waals surface area contributed by atoms with E-state index in [0.717, 1.165) is 12.8 Å². The number of nitrogens with zero attached hydrogens (tertiary/aromatic N) is 1. The largest absolute Gasteiger partial charge is 0.394 e. The molecular weight excluding hydrogens is 208 g/mol. The van der Waals surface area contributed by atoms with E-state index in [4.69, 9.17) is 15.6 Å². The van der Waals surface area contributed by atoms with Crippen molar-refractivity contribution >= 4 is 5.91 Å². The van der Waals surface area contributed by atoms with Gasteiger partial charge < -0.3 is 20.5 Å². The number of allylic oxidation sites excluding steroid dienone is 1. The van der Waals surface area contributed by atoms with Gasteiger partial charge in [0.25, 0.3) is 0 Å². The molecule has 2 aliphatic rings. The van der Waals surface area contributed by atoms with Crippen LogP contribution in [0.25, 0.3) is 0 Å². The fraction of sp³-hybridized carbons (Fsp3) is 0.545. The van der Waals surface area contributed by atoms with E-state index in [-0.39, 0.29) is 18.9 Å². The van der Waals surface area contributed by atoms with Crippen molar-refractivity contribution in [2.75, 3.05) is 6.61 Å². The van der Waals surface area contributed by atoms with Crippen LogP contribution >= 0.6 is 0 Å². The Balaban J connectivity index is 2.02. The maximum Gasteiger partial charge on any atom is 0.246 e. The minimum absolute atomic E-state index is 0.0421. The maximum atomic E-state index is 11.0. The summed E-state index contributed by atoms with van der Waals surface area (Å²) < 4.78 is 5.61. The Kier molecular flexibility index (Phi) is 3.26. The highest BCUT2D eigenvalue weighted by atomic mass is 16.5. The normalized spacial score (nSPS) is 29.3. The molecule has 2 heterocycles. The number of carbonyl (C=O) groups is 1. The van der Waals surface area contributed by atoms with Gasteiger partial charge >= 0.3 is 0 Å². The number of hydrogen-bond acceptors (Lipinski definition) is 4. The Morgan fingerprint density at radius 1 is 1.62 bits per heavy atom. The molecule has 0 bridgehead atoms. The van der Waals surface area contributed by atoms with Gasteiger partial charge in [0.1, 0.15) is 6.23 Å². The lowest BCUT2D eigenvalue weighted by Gasteiger charge is -2.26. The molecule has 16 heavy (non-hydrogen) atoms. The SMILES string of the molecule is NC(=O)C1=CN([C@H]2CC[C@@H](CO)O2)C=CC1. The van der Waals surface area contributed by atoms with Crippen LogP contribution in [0.15, 0.2) is 24.0 Å². The molecule has 0 saturated carbocycles. The Labute approximate surface area is 94.2 Å². The number of aliphatic hydroxyl groups excluding tert-OH is 1. The van der Waals surface area contributed by atoms with Crippen molar-refractivity contribution in [1.82, 2.24) is 4.90 Å². The molecule has 3 N–H and O–H groups in total. The average molecular weight is 224 g/mol. The van der Waals surface area contributed by atoms with Crippen LogP contribution in [0.3, 0.4) is 0 Å². The van der Waals surface area contributed by atoms with Crippen LogP contribution in [0.4, 0.5) is 0 Å². The van der Waals surface area contributed by atoms with Crippen LogP contribution < -0.4 is 5.73 Å². The van der Waals surface area contributed by atoms with Crippen molar-refractivity contribution in [3.63, 3.8) is 0 Å². The minimum atomic E-state index is -0.397. The second-order valence-electron chi connectivity index (χ2n) is 4.03. The van der Waals surface area contributed by atoms with Crippen LogP contribution in [0.2, 0.25) is 0 Å². The van der Waals surface area contributed by atoms with Gasteiger partial charge in [0.05, 0.1) is 12.7 Å². The molecule has 0 radical (unpaired) electrons. The van der Waals surface area contributed by atoms with Gasteiger partial charge in [-0.15, -0.1) is 0 Å². The van der Waals surface area contributed by atoms with Crippen molar-refractivity contribution in [3.8, 4) is 0 Å². The Morgan fingerprint density at radius 3 is 3.06 bits per heavy atom. The van der Waals surface area contributed by atoms with E-state index in [1.165, 1.54) is 0 Å². The molecule has 0 spiro atoms. The first-order valence-corrected chi connectivity index (χ1v) is 5.41. The second kappa shape index (κ2) is 4.67. The Morgan fingerprint density at radius 2 is 2.44 bits per heavy atom. The summed E-state index contributed by atoms with van der Waals surface area (Å²) in [7, 11) is 0. The third kappa shape index (κ3) is 2.25. The van der Waals surface area contributed by atoms with Gasteiger partial charge in [-0.3, -0.25) is 4.79 Å². The number of nitrogens with two attached hydrogens (primary N) is 1. The zero-order valence-electron chi connectivity index (χ0n) is 9.00. The molecule has 1 fully saturated rings. The number of amides is 1. The average Bonchev–Trinajstić information content (AvgIpc) is 2.77. The first kappa shape index (κ1) is 11.2. The topological polar surface area (TPSA) is 75.8 Å². The summed E-state index contributed by atoms with van der Waals surface area (Å²) in [4.78, 5) is 12.9. The van der Waals surface area contributed by atoms with Crippen LogP contribution in [-0.4, -0.2) is 34.9 Å². The summed E-state index contributed by atoms with van der Waals surface area (Å²) in [6.07, 6.45) is 7.57. The zero-order chi connectivity index (χ0) is 11.5. The van der Waals surface area contributed by atoms with E-state index in [2.05, 4.69) is 0 Å². The van der Waals surface area contributed by atoms with Crippen molar-refractivity contribution in [2.24, 2.45) is 5.73 Å². The second-order valence-corrected chi connectivity index (χ2v) is 4.03. The molecule has 0 aromatic heterocycles. The number of hydrogen-bond donors (Lipinski definition) is 2. The third-order valence-electron chi connectivity index (χ3n) is 2.86. The highest BCUT2D eigenvalue weighted by molar-refractivity contribution is 5.92. The number of carbonyl (C=O) groups excluding carboxylic acids is 1. The fourth-order valence-corrected chi connectivity index (χ4v) is 1.96. The highest BCUT2D eigenvalue weighted by Gasteiger charge is 2.28. The molecule has 0 aliphatic carbocycles. The van der Waals surface area contributed by atoms with E-state index in [0.29, 0.717) is 12.0 Å². The summed E-state index contributed by atoms with van der Waals surface area (Å²) >= 11 is 0. The summed E-state index contributed by atoms with van der Waals surface area (Å²) in [6, 6.07) is 0. The summed E-state index contributed by atoms with van der Waals surface area (Å²) in [5.41, 5.74) is 5.81. The lowest BCUT2D eigenvalue weighted by molar-refractivity contribution is -0.114. The van der Waals surface area contributed by atoms with E-state index in [1.807, 2.05) is 17.2 Å². The van der Waals surface area contributed by atoms with Crippen LogP contribution in [0.5, 0.6) is 0 Å². The van der Waals surface area contributed by atoms with Crippen LogP contribution in [0.1, 0.15) is 19.3 Å². The zero-order valence-corrected chi connectivity index (χ0v) is 9.00. The first-order valence-electron chi connectivity index (χ1n) is 5.41. The molecule has 0 unspecified atom stereocenters. The molecule has 5 nitrogen and oxygen atoms in total. The summed E-state index contributed by atoms with van der Waals surface area (Å²) in [6.45, 7) is 0.0421. The predicted octanol–water partition coefficient (Wildman–Crippen LogP) is 0.0724. The van der Waals surface area contributed by atoms with Crippen molar-refractivity contribution in [2.45, 2.75) is 31.6 Å². The third-order valence-corrected chi connectivity index (χ3v) is 2.86. The Hall–Kier alpha value is -1.33. The number of aliphatic hydroxyl groups is 1. The van der Waals surface area contributed by atoms with Gasteiger partial charge in [0.15, 0.2) is 0 Å².